The number of nitrogens with zero attached hydrogens (tertiary/aromatic N) is 1. The van der Waals surface area contributed by atoms with Crippen LogP contribution in [-0.2, 0) is 0 Å². The second-order valence-corrected chi connectivity index (χ2v) is 5.47. The molecule has 0 radical (unpaired) electrons. The lowest BCUT2D eigenvalue weighted by molar-refractivity contribution is 0.277. The fourth-order valence-electron chi connectivity index (χ4n) is 1.79. The average molecular weight is 208 g/mol. The van der Waals surface area contributed by atoms with Crippen LogP contribution >= 0.6 is 0 Å². The molecule has 0 amide bonds. The van der Waals surface area contributed by atoms with Crippen molar-refractivity contribution in [1.82, 2.24) is 4.90 Å². The van der Waals surface area contributed by atoms with Gasteiger partial charge in [0.05, 0.1) is 6.54 Å². The molecule has 0 aromatic heterocycles. The monoisotopic (exact) mass is 208 g/mol. The summed E-state index contributed by atoms with van der Waals surface area (Å²) >= 11 is 0. The first-order valence-corrected chi connectivity index (χ1v) is 5.96. The van der Waals surface area contributed by atoms with E-state index in [2.05, 4.69) is 24.7 Å². The van der Waals surface area contributed by atoms with Gasteiger partial charge < -0.3 is 5.73 Å². The maximum Gasteiger partial charge on any atom is 0.0599 e. The predicted molar refractivity (Wildman–Crippen MR) is 65.5 cm³/mol. The Morgan fingerprint density at radius 2 is 2.13 bits per heavy atom. The first kappa shape index (κ1) is 12.5. The smallest absolute Gasteiger partial charge is 0.0599 e. The topological polar surface area (TPSA) is 29.3 Å². The summed E-state index contributed by atoms with van der Waals surface area (Å²) in [6.07, 6.45) is 10.4. The van der Waals surface area contributed by atoms with Crippen LogP contribution in [0.4, 0.5) is 0 Å². The Morgan fingerprint density at radius 3 is 2.60 bits per heavy atom. The summed E-state index contributed by atoms with van der Waals surface area (Å²) in [5, 5.41) is 0. The highest BCUT2D eigenvalue weighted by Crippen LogP contribution is 2.29. The van der Waals surface area contributed by atoms with Crippen LogP contribution in [-0.4, -0.2) is 30.1 Å². The van der Waals surface area contributed by atoms with Crippen molar-refractivity contribution in [3.63, 3.8) is 0 Å². The van der Waals surface area contributed by atoms with E-state index in [1.807, 2.05) is 0 Å². The van der Waals surface area contributed by atoms with Crippen LogP contribution in [0.15, 0.2) is 0 Å². The van der Waals surface area contributed by atoms with E-state index < -0.39 is 0 Å². The van der Waals surface area contributed by atoms with E-state index in [4.69, 9.17) is 12.2 Å². The minimum absolute atomic E-state index is 0.0403. The molecule has 0 aromatic carbocycles. The molecular weight excluding hydrogens is 184 g/mol. The van der Waals surface area contributed by atoms with E-state index in [1.165, 1.54) is 19.4 Å². The second-order valence-electron chi connectivity index (χ2n) is 5.47. The van der Waals surface area contributed by atoms with Gasteiger partial charge in [-0.25, -0.2) is 0 Å². The van der Waals surface area contributed by atoms with E-state index >= 15 is 0 Å². The van der Waals surface area contributed by atoms with Gasteiger partial charge in [0, 0.05) is 12.1 Å². The number of terminal acetylenes is 1. The van der Waals surface area contributed by atoms with Crippen molar-refractivity contribution in [2.24, 2.45) is 11.7 Å². The van der Waals surface area contributed by atoms with E-state index in [1.54, 1.807) is 0 Å². The Kier molecular flexibility index (Phi) is 4.63. The number of hydrogen-bond acceptors (Lipinski definition) is 2. The minimum Gasteiger partial charge on any atom is -0.326 e. The van der Waals surface area contributed by atoms with Gasteiger partial charge in [0.1, 0.15) is 0 Å². The molecule has 0 heterocycles. The van der Waals surface area contributed by atoms with Gasteiger partial charge in [0.2, 0.25) is 0 Å². The van der Waals surface area contributed by atoms with Gasteiger partial charge in [0.25, 0.3) is 0 Å². The summed E-state index contributed by atoms with van der Waals surface area (Å²) in [5.41, 5.74) is 5.91. The molecule has 2 nitrogen and oxygen atoms in total. The van der Waals surface area contributed by atoms with Crippen LogP contribution in [0.5, 0.6) is 0 Å². The Hall–Kier alpha value is -0.520. The average Bonchev–Trinajstić information content (AvgIpc) is 2.86. The molecule has 2 N–H and O–H groups in total. The standard InChI is InChI=1S/C13H24N2/c1-4-9-15(11-12-6-7-12)10-5-8-13(2,3)14/h1,12H,5-11,14H2,2-3H3. The van der Waals surface area contributed by atoms with Crippen molar-refractivity contribution in [3.8, 4) is 12.3 Å². The van der Waals surface area contributed by atoms with Crippen molar-refractivity contribution >= 4 is 0 Å². The van der Waals surface area contributed by atoms with E-state index in [-0.39, 0.29) is 5.54 Å². The molecule has 86 valence electrons. The summed E-state index contributed by atoms with van der Waals surface area (Å²) < 4.78 is 0. The lowest BCUT2D eigenvalue weighted by Crippen LogP contribution is -2.34. The van der Waals surface area contributed by atoms with Gasteiger partial charge in [-0.3, -0.25) is 4.90 Å². The molecule has 1 aliphatic rings. The van der Waals surface area contributed by atoms with Gasteiger partial charge in [-0.15, -0.1) is 6.42 Å². The Bertz CT molecular complexity index is 218. The van der Waals surface area contributed by atoms with E-state index in [0.717, 1.165) is 31.8 Å². The number of rotatable bonds is 7. The Balaban J connectivity index is 2.16. The fourth-order valence-corrected chi connectivity index (χ4v) is 1.79. The predicted octanol–water partition coefficient (Wildman–Crippen LogP) is 1.85. The Labute approximate surface area is 94.2 Å². The maximum absolute atomic E-state index is 5.95. The zero-order valence-electron chi connectivity index (χ0n) is 10.1. The molecule has 0 aromatic rings. The van der Waals surface area contributed by atoms with E-state index in [0.29, 0.717) is 0 Å². The highest BCUT2D eigenvalue weighted by molar-refractivity contribution is 4.90. The highest BCUT2D eigenvalue weighted by atomic mass is 15.1. The van der Waals surface area contributed by atoms with Crippen LogP contribution in [0.3, 0.4) is 0 Å². The van der Waals surface area contributed by atoms with Crippen molar-refractivity contribution in [1.29, 1.82) is 0 Å². The third-order valence-electron chi connectivity index (χ3n) is 2.82. The first-order chi connectivity index (χ1) is 7.01. The molecule has 0 unspecified atom stereocenters. The molecule has 0 bridgehead atoms. The summed E-state index contributed by atoms with van der Waals surface area (Å²) in [5.74, 6) is 3.66. The largest absolute Gasteiger partial charge is 0.326 e. The number of hydrogen-bond donors (Lipinski definition) is 1. The van der Waals surface area contributed by atoms with Gasteiger partial charge in [0.15, 0.2) is 0 Å². The zero-order chi connectivity index (χ0) is 11.3. The lowest BCUT2D eigenvalue weighted by Gasteiger charge is -2.23. The molecule has 2 heteroatoms. The molecule has 0 saturated heterocycles. The molecule has 1 aliphatic carbocycles. The molecular formula is C13H24N2. The fraction of sp³-hybridized carbons (Fsp3) is 0.846. The molecule has 1 rings (SSSR count). The van der Waals surface area contributed by atoms with Crippen LogP contribution in [0.25, 0.3) is 0 Å². The summed E-state index contributed by atoms with van der Waals surface area (Å²) in [7, 11) is 0. The summed E-state index contributed by atoms with van der Waals surface area (Å²) in [4.78, 5) is 2.39. The normalized spacial score (nSPS) is 16.7. The molecule has 0 spiro atoms. The second kappa shape index (κ2) is 5.53. The third-order valence-corrected chi connectivity index (χ3v) is 2.82. The van der Waals surface area contributed by atoms with Crippen LogP contribution in [0.1, 0.15) is 39.5 Å². The third kappa shape index (κ3) is 6.54. The van der Waals surface area contributed by atoms with Crippen LogP contribution in [0, 0.1) is 18.3 Å². The van der Waals surface area contributed by atoms with Gasteiger partial charge in [-0.1, -0.05) is 5.92 Å². The zero-order valence-corrected chi connectivity index (χ0v) is 10.1. The summed E-state index contributed by atoms with van der Waals surface area (Å²) in [6, 6.07) is 0. The lowest BCUT2D eigenvalue weighted by atomic mass is 10.00. The minimum atomic E-state index is -0.0403. The molecule has 0 atom stereocenters. The van der Waals surface area contributed by atoms with Crippen molar-refractivity contribution in [2.75, 3.05) is 19.6 Å². The van der Waals surface area contributed by atoms with Gasteiger partial charge in [-0.05, 0) is 52.0 Å². The molecule has 1 saturated carbocycles. The van der Waals surface area contributed by atoms with Gasteiger partial charge in [-0.2, -0.15) is 0 Å². The van der Waals surface area contributed by atoms with Crippen molar-refractivity contribution in [3.05, 3.63) is 0 Å². The quantitative estimate of drug-likeness (QED) is 0.647. The highest BCUT2D eigenvalue weighted by Gasteiger charge is 2.23. The van der Waals surface area contributed by atoms with Crippen LogP contribution < -0.4 is 5.73 Å². The molecule has 15 heavy (non-hydrogen) atoms. The summed E-state index contributed by atoms with van der Waals surface area (Å²) in [6.45, 7) is 7.25. The van der Waals surface area contributed by atoms with E-state index in [9.17, 15) is 0 Å². The molecule has 0 aliphatic heterocycles. The SMILES string of the molecule is C#CCN(CCCC(C)(C)N)CC1CC1. The van der Waals surface area contributed by atoms with Crippen molar-refractivity contribution < 1.29 is 0 Å². The van der Waals surface area contributed by atoms with Gasteiger partial charge >= 0.3 is 0 Å². The molecule has 1 fully saturated rings. The first-order valence-electron chi connectivity index (χ1n) is 5.96. The van der Waals surface area contributed by atoms with Crippen LogP contribution in [0.2, 0.25) is 0 Å². The van der Waals surface area contributed by atoms with Crippen molar-refractivity contribution in [2.45, 2.75) is 45.1 Å². The Morgan fingerprint density at radius 1 is 1.47 bits per heavy atom. The number of nitrogens with two attached hydrogens (primary N) is 1. The maximum atomic E-state index is 5.95.